The molecule has 0 unspecified atom stereocenters. The number of aryl methyl sites for hydroxylation is 2. The zero-order valence-corrected chi connectivity index (χ0v) is 12.2. The van der Waals surface area contributed by atoms with Gasteiger partial charge in [0.05, 0.1) is 11.7 Å². The summed E-state index contributed by atoms with van der Waals surface area (Å²) in [4.78, 5) is 14.2. The number of rotatable bonds is 3. The highest BCUT2D eigenvalue weighted by Gasteiger charge is 2.33. The molecule has 5 heteroatoms. The van der Waals surface area contributed by atoms with E-state index in [2.05, 4.69) is 24.3 Å². The maximum absolute atomic E-state index is 12.2. The summed E-state index contributed by atoms with van der Waals surface area (Å²) >= 11 is 0. The van der Waals surface area contributed by atoms with Crippen LogP contribution >= 0.6 is 0 Å². The molecule has 1 aliphatic rings. The maximum Gasteiger partial charge on any atom is 0.317 e. The number of hydrogen-bond donors (Lipinski definition) is 1. The number of likely N-dealkylation sites (tertiary alicyclic amines) is 1. The predicted octanol–water partition coefficient (Wildman–Crippen LogP) is 2.79. The van der Waals surface area contributed by atoms with Crippen LogP contribution < -0.4 is 5.32 Å². The molecule has 19 heavy (non-hydrogen) atoms. The van der Waals surface area contributed by atoms with Crippen LogP contribution in [0.25, 0.3) is 0 Å². The molecule has 106 valence electrons. The first-order chi connectivity index (χ1) is 9.00. The molecule has 1 saturated heterocycles. The van der Waals surface area contributed by atoms with Crippen LogP contribution in [-0.4, -0.2) is 29.2 Å². The first kappa shape index (κ1) is 13.9. The van der Waals surface area contributed by atoms with Crippen molar-refractivity contribution in [3.8, 4) is 0 Å². The quantitative estimate of drug-likeness (QED) is 0.914. The minimum atomic E-state index is 0.0243. The molecule has 1 aromatic heterocycles. The minimum Gasteiger partial charge on any atom is -0.361 e. The van der Waals surface area contributed by atoms with E-state index in [1.165, 1.54) is 0 Å². The summed E-state index contributed by atoms with van der Waals surface area (Å²) < 4.78 is 5.23. The monoisotopic (exact) mass is 265 g/mol. The van der Waals surface area contributed by atoms with Gasteiger partial charge in [-0.2, -0.15) is 0 Å². The van der Waals surface area contributed by atoms with E-state index < -0.39 is 0 Å². The highest BCUT2D eigenvalue weighted by Crippen LogP contribution is 2.35. The molecule has 1 aliphatic heterocycles. The lowest BCUT2D eigenvalue weighted by Crippen LogP contribution is -2.41. The first-order valence-corrected chi connectivity index (χ1v) is 6.98. The zero-order valence-electron chi connectivity index (χ0n) is 12.2. The van der Waals surface area contributed by atoms with Crippen molar-refractivity contribution in [1.29, 1.82) is 0 Å². The third kappa shape index (κ3) is 2.91. The van der Waals surface area contributed by atoms with Crippen LogP contribution in [0, 0.1) is 19.8 Å². The molecule has 1 fully saturated rings. The largest absolute Gasteiger partial charge is 0.361 e. The molecule has 0 aliphatic carbocycles. The second-order valence-corrected chi connectivity index (χ2v) is 5.67. The lowest BCUT2D eigenvalue weighted by atomic mass is 10.0. The van der Waals surface area contributed by atoms with Crippen LogP contribution in [0.4, 0.5) is 4.79 Å². The van der Waals surface area contributed by atoms with E-state index in [1.807, 2.05) is 18.7 Å². The van der Waals surface area contributed by atoms with E-state index >= 15 is 0 Å². The molecule has 0 saturated carbocycles. The molecule has 0 spiro atoms. The van der Waals surface area contributed by atoms with Gasteiger partial charge in [-0.1, -0.05) is 19.0 Å². The second kappa shape index (κ2) is 5.63. The standard InChI is InChI=1S/C14H23N3O2/c1-9(2)8-15-14(18)17-7-5-6-12(17)13-10(3)16-19-11(13)4/h9,12H,5-8H2,1-4H3,(H,15,18)/t12-/m0/s1. The van der Waals surface area contributed by atoms with Gasteiger partial charge < -0.3 is 14.7 Å². The molecular weight excluding hydrogens is 242 g/mol. The molecule has 0 aromatic carbocycles. The van der Waals surface area contributed by atoms with Crippen molar-refractivity contribution in [2.45, 2.75) is 46.6 Å². The van der Waals surface area contributed by atoms with Gasteiger partial charge in [-0.05, 0) is 32.6 Å². The Hall–Kier alpha value is -1.52. The summed E-state index contributed by atoms with van der Waals surface area (Å²) in [5.74, 6) is 1.29. The van der Waals surface area contributed by atoms with Gasteiger partial charge in [0.25, 0.3) is 0 Å². The predicted molar refractivity (Wildman–Crippen MR) is 72.9 cm³/mol. The van der Waals surface area contributed by atoms with Crippen LogP contribution in [0.15, 0.2) is 4.52 Å². The van der Waals surface area contributed by atoms with Crippen LogP contribution in [0.5, 0.6) is 0 Å². The first-order valence-electron chi connectivity index (χ1n) is 6.98. The fourth-order valence-electron chi connectivity index (χ4n) is 2.67. The smallest absolute Gasteiger partial charge is 0.317 e. The van der Waals surface area contributed by atoms with Crippen molar-refractivity contribution in [3.63, 3.8) is 0 Å². The van der Waals surface area contributed by atoms with Gasteiger partial charge in [0, 0.05) is 18.7 Å². The maximum atomic E-state index is 12.2. The number of aromatic nitrogens is 1. The minimum absolute atomic E-state index is 0.0243. The van der Waals surface area contributed by atoms with Crippen molar-refractivity contribution >= 4 is 6.03 Å². The van der Waals surface area contributed by atoms with Gasteiger partial charge in [0.2, 0.25) is 0 Å². The van der Waals surface area contributed by atoms with Crippen molar-refractivity contribution in [1.82, 2.24) is 15.4 Å². The Morgan fingerprint density at radius 2 is 2.26 bits per heavy atom. The molecule has 1 N–H and O–H groups in total. The summed E-state index contributed by atoms with van der Waals surface area (Å²) in [5, 5.41) is 6.99. The number of urea groups is 1. The van der Waals surface area contributed by atoms with E-state index in [0.29, 0.717) is 12.5 Å². The molecule has 0 radical (unpaired) electrons. The topological polar surface area (TPSA) is 58.4 Å². The fraction of sp³-hybridized carbons (Fsp3) is 0.714. The molecule has 2 amide bonds. The van der Waals surface area contributed by atoms with Crippen LogP contribution in [0.1, 0.15) is 49.7 Å². The van der Waals surface area contributed by atoms with Crippen molar-refractivity contribution in [3.05, 3.63) is 17.0 Å². The lowest BCUT2D eigenvalue weighted by molar-refractivity contribution is 0.191. The van der Waals surface area contributed by atoms with Gasteiger partial charge in [0.1, 0.15) is 5.76 Å². The number of nitrogens with one attached hydrogen (secondary N) is 1. The van der Waals surface area contributed by atoms with Crippen LogP contribution in [0.2, 0.25) is 0 Å². The second-order valence-electron chi connectivity index (χ2n) is 5.67. The van der Waals surface area contributed by atoms with E-state index in [0.717, 1.165) is 36.4 Å². The van der Waals surface area contributed by atoms with Gasteiger partial charge in [-0.3, -0.25) is 0 Å². The SMILES string of the molecule is Cc1noc(C)c1[C@@H]1CCCN1C(=O)NCC(C)C. The summed E-state index contributed by atoms with van der Waals surface area (Å²) in [6.07, 6.45) is 2.02. The number of nitrogens with zero attached hydrogens (tertiary/aromatic N) is 2. The zero-order chi connectivity index (χ0) is 14.0. The molecule has 1 aromatic rings. The van der Waals surface area contributed by atoms with Gasteiger partial charge in [-0.15, -0.1) is 0 Å². The lowest BCUT2D eigenvalue weighted by Gasteiger charge is -2.25. The van der Waals surface area contributed by atoms with E-state index in [4.69, 9.17) is 4.52 Å². The average Bonchev–Trinajstić information content (AvgIpc) is 2.93. The van der Waals surface area contributed by atoms with E-state index in [-0.39, 0.29) is 12.1 Å². The Bertz CT molecular complexity index is 434. The summed E-state index contributed by atoms with van der Waals surface area (Å²) in [7, 11) is 0. The number of amides is 2. The van der Waals surface area contributed by atoms with Crippen molar-refractivity contribution < 1.29 is 9.32 Å². The fourth-order valence-corrected chi connectivity index (χ4v) is 2.67. The van der Waals surface area contributed by atoms with Crippen molar-refractivity contribution in [2.24, 2.45) is 5.92 Å². The highest BCUT2D eigenvalue weighted by molar-refractivity contribution is 5.75. The van der Waals surface area contributed by atoms with E-state index in [9.17, 15) is 4.79 Å². The van der Waals surface area contributed by atoms with Crippen LogP contribution in [0.3, 0.4) is 0 Å². The number of carbonyl (C=O) groups is 1. The van der Waals surface area contributed by atoms with Gasteiger partial charge in [-0.25, -0.2) is 4.79 Å². The molecule has 2 heterocycles. The molecule has 5 nitrogen and oxygen atoms in total. The number of carbonyl (C=O) groups excluding carboxylic acids is 1. The Morgan fingerprint density at radius 3 is 2.84 bits per heavy atom. The summed E-state index contributed by atoms with van der Waals surface area (Å²) in [6, 6.07) is 0.134. The van der Waals surface area contributed by atoms with Gasteiger partial charge >= 0.3 is 6.03 Å². The Labute approximate surface area is 114 Å². The number of hydrogen-bond acceptors (Lipinski definition) is 3. The average molecular weight is 265 g/mol. The molecule has 2 rings (SSSR count). The van der Waals surface area contributed by atoms with Crippen molar-refractivity contribution in [2.75, 3.05) is 13.1 Å². The Kier molecular flexibility index (Phi) is 4.12. The Balaban J connectivity index is 2.11. The molecule has 0 bridgehead atoms. The Morgan fingerprint density at radius 1 is 1.53 bits per heavy atom. The summed E-state index contributed by atoms with van der Waals surface area (Å²) in [6.45, 7) is 9.56. The summed E-state index contributed by atoms with van der Waals surface area (Å²) in [5.41, 5.74) is 1.98. The van der Waals surface area contributed by atoms with E-state index in [1.54, 1.807) is 0 Å². The van der Waals surface area contributed by atoms with Crippen LogP contribution in [-0.2, 0) is 0 Å². The third-order valence-electron chi connectivity index (χ3n) is 3.60. The van der Waals surface area contributed by atoms with Gasteiger partial charge in [0.15, 0.2) is 0 Å². The molecule has 1 atom stereocenters. The highest BCUT2D eigenvalue weighted by atomic mass is 16.5. The molecular formula is C14H23N3O2. The normalized spacial score (nSPS) is 19.2. The third-order valence-corrected chi connectivity index (χ3v) is 3.60.